The van der Waals surface area contributed by atoms with E-state index >= 15 is 0 Å². The summed E-state index contributed by atoms with van der Waals surface area (Å²) in [6, 6.07) is 1.68. The van der Waals surface area contributed by atoms with Gasteiger partial charge in [-0.25, -0.2) is 12.8 Å². The molecule has 0 amide bonds. The molecule has 1 aromatic carbocycles. The van der Waals surface area contributed by atoms with Crippen molar-refractivity contribution in [2.45, 2.75) is 30.4 Å². The summed E-state index contributed by atoms with van der Waals surface area (Å²) >= 11 is 5.84. The van der Waals surface area contributed by atoms with Gasteiger partial charge in [-0.05, 0) is 25.5 Å². The monoisotopic (exact) mass is 322 g/mol. The van der Waals surface area contributed by atoms with Gasteiger partial charge in [0, 0.05) is 13.7 Å². The van der Waals surface area contributed by atoms with Crippen molar-refractivity contribution in [1.82, 2.24) is 4.31 Å². The van der Waals surface area contributed by atoms with Crippen LogP contribution in [-0.4, -0.2) is 38.5 Å². The number of benzene rings is 1. The molecule has 5 nitrogen and oxygen atoms in total. The van der Waals surface area contributed by atoms with Crippen LogP contribution in [0.4, 0.5) is 10.1 Å². The number of ether oxygens (including phenoxy) is 1. The van der Waals surface area contributed by atoms with Gasteiger partial charge in [-0.1, -0.05) is 11.6 Å². The van der Waals surface area contributed by atoms with E-state index in [9.17, 15) is 12.8 Å². The lowest BCUT2D eigenvalue weighted by atomic mass is 10.2. The summed E-state index contributed by atoms with van der Waals surface area (Å²) in [6.07, 6.45) is 0.400. The molecule has 1 heterocycles. The lowest BCUT2D eigenvalue weighted by Crippen LogP contribution is -2.41. The van der Waals surface area contributed by atoms with Crippen molar-refractivity contribution < 1.29 is 17.5 Å². The van der Waals surface area contributed by atoms with E-state index in [1.54, 1.807) is 0 Å². The van der Waals surface area contributed by atoms with Crippen LogP contribution in [0, 0.1) is 5.82 Å². The molecule has 1 aliphatic heterocycles. The van der Waals surface area contributed by atoms with E-state index in [-0.39, 0.29) is 27.8 Å². The van der Waals surface area contributed by atoms with E-state index in [0.29, 0.717) is 13.0 Å². The number of rotatable bonds is 3. The maximum atomic E-state index is 13.3. The Balaban J connectivity index is 2.42. The Morgan fingerprint density at radius 2 is 2.15 bits per heavy atom. The van der Waals surface area contributed by atoms with Gasteiger partial charge in [-0.2, -0.15) is 4.31 Å². The van der Waals surface area contributed by atoms with Crippen molar-refractivity contribution in [1.29, 1.82) is 0 Å². The molecule has 20 heavy (non-hydrogen) atoms. The fourth-order valence-electron chi connectivity index (χ4n) is 2.27. The predicted molar refractivity (Wildman–Crippen MR) is 74.6 cm³/mol. The van der Waals surface area contributed by atoms with Crippen molar-refractivity contribution >= 4 is 27.3 Å². The number of hydrogen-bond donors (Lipinski definition) is 1. The SMILES string of the molecule is CC1OCCC1N(C)S(=O)(=O)c1cc(N)c(F)cc1Cl. The molecule has 1 aliphatic rings. The largest absolute Gasteiger partial charge is 0.396 e. The highest BCUT2D eigenvalue weighted by Crippen LogP contribution is 2.31. The van der Waals surface area contributed by atoms with Crippen LogP contribution in [0.15, 0.2) is 17.0 Å². The molecule has 2 atom stereocenters. The molecular weight excluding hydrogens is 307 g/mol. The minimum absolute atomic E-state index is 0.185. The van der Waals surface area contributed by atoms with E-state index in [1.807, 2.05) is 6.92 Å². The molecule has 2 unspecified atom stereocenters. The van der Waals surface area contributed by atoms with Crippen molar-refractivity contribution in [3.05, 3.63) is 23.0 Å². The average molecular weight is 323 g/mol. The third-order valence-corrected chi connectivity index (χ3v) is 5.86. The first-order chi connectivity index (χ1) is 9.25. The maximum Gasteiger partial charge on any atom is 0.244 e. The first-order valence-electron chi connectivity index (χ1n) is 6.09. The van der Waals surface area contributed by atoms with E-state index in [1.165, 1.54) is 11.4 Å². The maximum absolute atomic E-state index is 13.3. The van der Waals surface area contributed by atoms with Gasteiger partial charge >= 0.3 is 0 Å². The summed E-state index contributed by atoms with van der Waals surface area (Å²) < 4.78 is 45.0. The number of hydrogen-bond acceptors (Lipinski definition) is 4. The Morgan fingerprint density at radius 3 is 2.70 bits per heavy atom. The van der Waals surface area contributed by atoms with E-state index < -0.39 is 15.8 Å². The molecular formula is C12H16ClFN2O3S. The highest BCUT2D eigenvalue weighted by Gasteiger charge is 2.36. The summed E-state index contributed by atoms with van der Waals surface area (Å²) in [4.78, 5) is -0.195. The number of nitrogens with zero attached hydrogens (tertiary/aromatic N) is 1. The smallest absolute Gasteiger partial charge is 0.244 e. The number of likely N-dealkylation sites (N-methyl/N-ethyl adjacent to an activating group) is 1. The molecule has 0 radical (unpaired) electrons. The summed E-state index contributed by atoms with van der Waals surface area (Å²) in [5, 5.41) is -0.185. The molecule has 0 spiro atoms. The third-order valence-electron chi connectivity index (χ3n) is 3.51. The number of nitrogens with two attached hydrogens (primary N) is 1. The Bertz CT molecular complexity index is 623. The zero-order valence-corrected chi connectivity index (χ0v) is 12.7. The van der Waals surface area contributed by atoms with Crippen LogP contribution in [0.3, 0.4) is 0 Å². The number of anilines is 1. The quantitative estimate of drug-likeness (QED) is 0.862. The van der Waals surface area contributed by atoms with Crippen LogP contribution in [0.5, 0.6) is 0 Å². The molecule has 1 fully saturated rings. The van der Waals surface area contributed by atoms with E-state index in [4.69, 9.17) is 22.1 Å². The molecule has 1 saturated heterocycles. The van der Waals surface area contributed by atoms with Gasteiger partial charge in [0.2, 0.25) is 10.0 Å². The zero-order chi connectivity index (χ0) is 15.1. The van der Waals surface area contributed by atoms with Crippen LogP contribution < -0.4 is 5.73 Å². The molecule has 0 bridgehead atoms. The normalized spacial score (nSPS) is 23.4. The lowest BCUT2D eigenvalue weighted by molar-refractivity contribution is 0.102. The van der Waals surface area contributed by atoms with Crippen molar-refractivity contribution in [2.75, 3.05) is 19.4 Å². The molecule has 0 saturated carbocycles. The molecule has 112 valence electrons. The molecule has 0 aliphatic carbocycles. The van der Waals surface area contributed by atoms with Crippen molar-refractivity contribution in [2.24, 2.45) is 0 Å². The first-order valence-corrected chi connectivity index (χ1v) is 7.91. The van der Waals surface area contributed by atoms with Crippen LogP contribution in [-0.2, 0) is 14.8 Å². The fourth-order valence-corrected chi connectivity index (χ4v) is 4.24. The summed E-state index contributed by atoms with van der Waals surface area (Å²) in [6.45, 7) is 2.31. The van der Waals surface area contributed by atoms with Gasteiger partial charge in [0.25, 0.3) is 0 Å². The van der Waals surface area contributed by atoms with Crippen molar-refractivity contribution in [3.8, 4) is 0 Å². The second-order valence-corrected chi connectivity index (χ2v) is 7.13. The van der Waals surface area contributed by atoms with E-state index in [0.717, 1.165) is 12.1 Å². The fraction of sp³-hybridized carbons (Fsp3) is 0.500. The third kappa shape index (κ3) is 2.63. The Hall–Kier alpha value is -0.890. The van der Waals surface area contributed by atoms with Gasteiger partial charge in [-0.15, -0.1) is 0 Å². The zero-order valence-electron chi connectivity index (χ0n) is 11.1. The van der Waals surface area contributed by atoms with Gasteiger partial charge in [-0.3, -0.25) is 0 Å². The minimum atomic E-state index is -3.85. The molecule has 0 aromatic heterocycles. The Labute approximate surface area is 122 Å². The Kier molecular flexibility index (Phi) is 4.24. The number of nitrogen functional groups attached to an aromatic ring is 1. The summed E-state index contributed by atoms with van der Waals surface area (Å²) in [5.74, 6) is -0.742. The molecule has 1 aromatic rings. The second-order valence-electron chi connectivity index (χ2n) is 4.76. The lowest BCUT2D eigenvalue weighted by Gasteiger charge is -2.26. The van der Waals surface area contributed by atoms with Crippen LogP contribution in [0.2, 0.25) is 5.02 Å². The molecule has 2 rings (SSSR count). The summed E-state index contributed by atoms with van der Waals surface area (Å²) in [7, 11) is -2.39. The van der Waals surface area contributed by atoms with E-state index in [2.05, 4.69) is 0 Å². The summed E-state index contributed by atoms with van der Waals surface area (Å²) in [5.41, 5.74) is 5.17. The van der Waals surface area contributed by atoms with Crippen LogP contribution >= 0.6 is 11.6 Å². The van der Waals surface area contributed by atoms with Gasteiger partial charge in [0.15, 0.2) is 0 Å². The number of halogens is 2. The minimum Gasteiger partial charge on any atom is -0.396 e. The van der Waals surface area contributed by atoms with Crippen molar-refractivity contribution in [3.63, 3.8) is 0 Å². The Morgan fingerprint density at radius 1 is 1.50 bits per heavy atom. The standard InChI is InChI=1S/C12H16ClFN2O3S/c1-7-11(3-4-19-7)16(2)20(17,18)12-6-10(15)9(14)5-8(12)13/h5-7,11H,3-4,15H2,1-2H3. The first kappa shape index (κ1) is 15.5. The van der Waals surface area contributed by atoms with Gasteiger partial charge in [0.1, 0.15) is 10.7 Å². The highest BCUT2D eigenvalue weighted by atomic mass is 35.5. The molecule has 2 N–H and O–H groups in total. The second kappa shape index (κ2) is 5.48. The topological polar surface area (TPSA) is 72.6 Å². The van der Waals surface area contributed by atoms with Gasteiger partial charge < -0.3 is 10.5 Å². The average Bonchev–Trinajstić information content (AvgIpc) is 2.78. The highest BCUT2D eigenvalue weighted by molar-refractivity contribution is 7.89. The predicted octanol–water partition coefficient (Wildman–Crippen LogP) is 1.86. The molecule has 8 heteroatoms. The number of sulfonamides is 1. The van der Waals surface area contributed by atoms with Crippen LogP contribution in [0.25, 0.3) is 0 Å². The van der Waals surface area contributed by atoms with Gasteiger partial charge in [0.05, 0.1) is 22.9 Å². The van der Waals surface area contributed by atoms with Crippen LogP contribution in [0.1, 0.15) is 13.3 Å².